The van der Waals surface area contributed by atoms with Crippen LogP contribution < -0.4 is 10.6 Å². The van der Waals surface area contributed by atoms with Crippen molar-refractivity contribution in [3.05, 3.63) is 0 Å². The Morgan fingerprint density at radius 1 is 1.64 bits per heavy atom. The molecule has 1 amide bonds. The molecule has 1 heterocycles. The van der Waals surface area contributed by atoms with Crippen molar-refractivity contribution >= 4 is 11.9 Å². The summed E-state index contributed by atoms with van der Waals surface area (Å²) >= 11 is 0. The van der Waals surface area contributed by atoms with Crippen molar-refractivity contribution in [2.75, 3.05) is 14.2 Å². The number of carbonyl (C=O) groups excluding carboxylic acids is 1. The second-order valence-corrected chi connectivity index (χ2v) is 3.51. The molecule has 80 valence electrons. The van der Waals surface area contributed by atoms with Gasteiger partial charge in [-0.05, 0) is 13.3 Å². The molecule has 1 aliphatic heterocycles. The minimum absolute atomic E-state index is 0.0863. The summed E-state index contributed by atoms with van der Waals surface area (Å²) < 4.78 is 5.36. The van der Waals surface area contributed by atoms with Gasteiger partial charge in [-0.1, -0.05) is 6.92 Å². The van der Waals surface area contributed by atoms with Crippen LogP contribution in [0.5, 0.6) is 0 Å². The van der Waals surface area contributed by atoms with E-state index in [0.29, 0.717) is 5.96 Å². The number of rotatable bonds is 3. The minimum Gasteiger partial charge on any atom is -0.376 e. The van der Waals surface area contributed by atoms with E-state index in [1.165, 1.54) is 0 Å². The lowest BCUT2D eigenvalue weighted by atomic mass is 9.93. The van der Waals surface area contributed by atoms with Crippen molar-refractivity contribution in [2.45, 2.75) is 31.9 Å². The molecule has 14 heavy (non-hydrogen) atoms. The molecule has 1 aliphatic rings. The van der Waals surface area contributed by atoms with Gasteiger partial charge < -0.3 is 10.1 Å². The van der Waals surface area contributed by atoms with E-state index in [9.17, 15) is 4.79 Å². The van der Waals surface area contributed by atoms with Crippen LogP contribution in [0.1, 0.15) is 20.3 Å². The van der Waals surface area contributed by atoms with Crippen molar-refractivity contribution in [1.29, 1.82) is 0 Å². The summed E-state index contributed by atoms with van der Waals surface area (Å²) in [5.74, 6) is 0.425. The highest BCUT2D eigenvalue weighted by molar-refractivity contribution is 6.06. The van der Waals surface area contributed by atoms with Crippen molar-refractivity contribution in [3.63, 3.8) is 0 Å². The van der Waals surface area contributed by atoms with Gasteiger partial charge in [0, 0.05) is 14.2 Å². The molecule has 2 atom stereocenters. The molecule has 0 bridgehead atoms. The summed E-state index contributed by atoms with van der Waals surface area (Å²) in [6.45, 7) is 3.89. The highest BCUT2D eigenvalue weighted by Gasteiger charge is 2.42. The molecule has 0 aliphatic carbocycles. The summed E-state index contributed by atoms with van der Waals surface area (Å²) in [6, 6.07) is -0.365. The normalized spacial score (nSPS) is 28.4. The fourth-order valence-corrected chi connectivity index (χ4v) is 1.44. The van der Waals surface area contributed by atoms with E-state index in [0.717, 1.165) is 6.42 Å². The van der Waals surface area contributed by atoms with E-state index in [1.54, 1.807) is 14.2 Å². The lowest BCUT2D eigenvalue weighted by Gasteiger charge is -2.31. The quantitative estimate of drug-likeness (QED) is 0.666. The summed E-state index contributed by atoms with van der Waals surface area (Å²) in [6.07, 6.45) is 0.756. The summed E-state index contributed by atoms with van der Waals surface area (Å²) in [4.78, 5) is 15.5. The Morgan fingerprint density at radius 3 is 2.64 bits per heavy atom. The summed E-state index contributed by atoms with van der Waals surface area (Å²) in [7, 11) is 3.24. The predicted octanol–water partition coefficient (Wildman–Crippen LogP) is -0.125. The number of carbonyl (C=O) groups is 1. The fraction of sp³-hybridized carbons (Fsp3) is 0.778. The maximum absolute atomic E-state index is 11.6. The maximum Gasteiger partial charge on any atom is 0.252 e. The number of guanidine groups is 1. The SMILES string of the molecule is CCC(C)(OC)C1NC(=NC)NC1=O. The topological polar surface area (TPSA) is 62.7 Å². The van der Waals surface area contributed by atoms with Gasteiger partial charge in [0.15, 0.2) is 5.96 Å². The first-order valence-corrected chi connectivity index (χ1v) is 4.66. The average Bonchev–Trinajstić information content (AvgIpc) is 2.59. The number of hydrogen-bond acceptors (Lipinski definition) is 3. The first-order valence-electron chi connectivity index (χ1n) is 4.66. The van der Waals surface area contributed by atoms with Crippen LogP contribution in [0.15, 0.2) is 4.99 Å². The molecule has 1 saturated heterocycles. The maximum atomic E-state index is 11.6. The number of nitrogens with one attached hydrogen (secondary N) is 2. The lowest BCUT2D eigenvalue weighted by Crippen LogP contribution is -2.51. The monoisotopic (exact) mass is 199 g/mol. The Labute approximate surface area is 83.9 Å². The Hall–Kier alpha value is -1.10. The molecule has 5 nitrogen and oxygen atoms in total. The molecule has 0 saturated carbocycles. The molecular weight excluding hydrogens is 182 g/mol. The van der Waals surface area contributed by atoms with Gasteiger partial charge in [-0.15, -0.1) is 0 Å². The molecule has 1 rings (SSSR count). The van der Waals surface area contributed by atoms with Crippen molar-refractivity contribution < 1.29 is 9.53 Å². The van der Waals surface area contributed by atoms with Gasteiger partial charge in [0.25, 0.3) is 5.91 Å². The number of nitrogens with zero attached hydrogens (tertiary/aromatic N) is 1. The average molecular weight is 199 g/mol. The predicted molar refractivity (Wildman–Crippen MR) is 54.1 cm³/mol. The standard InChI is InChI=1S/C9H17N3O2/c1-5-9(2,14-4)6-7(13)12-8(10-3)11-6/h6H,5H2,1-4H3,(H2,10,11,12,13). The minimum atomic E-state index is -0.490. The third kappa shape index (κ3) is 1.72. The van der Waals surface area contributed by atoms with E-state index in [-0.39, 0.29) is 11.9 Å². The first-order chi connectivity index (χ1) is 6.57. The number of amides is 1. The molecule has 0 aromatic carbocycles. The van der Waals surface area contributed by atoms with Crippen LogP contribution in [0.4, 0.5) is 0 Å². The van der Waals surface area contributed by atoms with Gasteiger partial charge in [0.2, 0.25) is 0 Å². The fourth-order valence-electron chi connectivity index (χ4n) is 1.44. The zero-order chi connectivity index (χ0) is 10.8. The van der Waals surface area contributed by atoms with E-state index in [4.69, 9.17) is 4.74 Å². The third-order valence-corrected chi connectivity index (χ3v) is 2.79. The molecule has 2 unspecified atom stereocenters. The van der Waals surface area contributed by atoms with Crippen LogP contribution in [0, 0.1) is 0 Å². The smallest absolute Gasteiger partial charge is 0.252 e. The zero-order valence-corrected chi connectivity index (χ0v) is 9.05. The molecular formula is C9H17N3O2. The van der Waals surface area contributed by atoms with Crippen LogP contribution in [0.25, 0.3) is 0 Å². The number of hydrogen-bond donors (Lipinski definition) is 2. The van der Waals surface area contributed by atoms with Crippen molar-refractivity contribution in [1.82, 2.24) is 10.6 Å². The second-order valence-electron chi connectivity index (χ2n) is 3.51. The van der Waals surface area contributed by atoms with Gasteiger partial charge in [0.05, 0.1) is 5.60 Å². The van der Waals surface area contributed by atoms with E-state index < -0.39 is 5.60 Å². The molecule has 5 heteroatoms. The largest absolute Gasteiger partial charge is 0.376 e. The number of ether oxygens (including phenoxy) is 1. The van der Waals surface area contributed by atoms with Crippen LogP contribution in [0.3, 0.4) is 0 Å². The highest BCUT2D eigenvalue weighted by Crippen LogP contribution is 2.21. The molecule has 0 spiro atoms. The van der Waals surface area contributed by atoms with E-state index >= 15 is 0 Å². The van der Waals surface area contributed by atoms with Crippen molar-refractivity contribution in [3.8, 4) is 0 Å². The highest BCUT2D eigenvalue weighted by atomic mass is 16.5. The Balaban J connectivity index is 2.84. The second kappa shape index (κ2) is 3.96. The van der Waals surface area contributed by atoms with Gasteiger partial charge >= 0.3 is 0 Å². The van der Waals surface area contributed by atoms with E-state index in [1.807, 2.05) is 13.8 Å². The zero-order valence-electron chi connectivity index (χ0n) is 9.05. The third-order valence-electron chi connectivity index (χ3n) is 2.79. The van der Waals surface area contributed by atoms with Gasteiger partial charge in [-0.3, -0.25) is 15.1 Å². The van der Waals surface area contributed by atoms with Gasteiger partial charge in [-0.25, -0.2) is 0 Å². The van der Waals surface area contributed by atoms with Crippen LogP contribution in [-0.2, 0) is 9.53 Å². The Kier molecular flexibility index (Phi) is 3.10. The van der Waals surface area contributed by atoms with Gasteiger partial charge in [-0.2, -0.15) is 0 Å². The number of aliphatic imine (C=N–C) groups is 1. The number of methoxy groups -OCH3 is 1. The van der Waals surface area contributed by atoms with Crippen molar-refractivity contribution in [2.24, 2.45) is 4.99 Å². The Bertz CT molecular complexity index is 259. The van der Waals surface area contributed by atoms with Crippen LogP contribution in [-0.4, -0.2) is 37.7 Å². The van der Waals surface area contributed by atoms with E-state index in [2.05, 4.69) is 15.6 Å². The summed E-state index contributed by atoms with van der Waals surface area (Å²) in [5.41, 5.74) is -0.490. The molecule has 0 aromatic rings. The molecule has 1 fully saturated rings. The molecule has 2 N–H and O–H groups in total. The Morgan fingerprint density at radius 2 is 2.29 bits per heavy atom. The lowest BCUT2D eigenvalue weighted by molar-refractivity contribution is -0.127. The van der Waals surface area contributed by atoms with Crippen LogP contribution >= 0.6 is 0 Å². The molecule has 0 aromatic heterocycles. The van der Waals surface area contributed by atoms with Crippen LogP contribution in [0.2, 0.25) is 0 Å². The molecule has 0 radical (unpaired) electrons. The van der Waals surface area contributed by atoms with Gasteiger partial charge in [0.1, 0.15) is 6.04 Å². The summed E-state index contributed by atoms with van der Waals surface area (Å²) in [5, 5.41) is 5.65. The first kappa shape index (κ1) is 11.0.